The number of hydrogen-bond donors (Lipinski definition) is 4. The van der Waals surface area contributed by atoms with Gasteiger partial charge in [0.25, 0.3) is 10.1 Å². The van der Waals surface area contributed by atoms with Crippen molar-refractivity contribution in [2.75, 3.05) is 5.75 Å². The van der Waals surface area contributed by atoms with E-state index in [9.17, 15) is 28.0 Å². The van der Waals surface area contributed by atoms with Gasteiger partial charge in [0, 0.05) is 0 Å². The number of allylic oxidation sites excluding steroid dienone is 5. The molecule has 240 valence electrons. The fourth-order valence-electron chi connectivity index (χ4n) is 4.57. The van der Waals surface area contributed by atoms with Crippen LogP contribution in [0.15, 0.2) is 36.5 Å². The van der Waals surface area contributed by atoms with Gasteiger partial charge in [-0.05, 0) is 51.4 Å². The number of amides is 1. The first-order valence-corrected chi connectivity index (χ1v) is 17.9. The second-order valence-electron chi connectivity index (χ2n) is 11.2. The SMILES string of the molecule is CCCC/C=C/CC/C=C/C(O)C(CS(=O)(=O)O)NC(=O)C(O)CCCCCCCC/C=C\CCCCCCCC. The molecule has 0 saturated heterocycles. The van der Waals surface area contributed by atoms with E-state index >= 15 is 0 Å². The molecule has 0 heterocycles. The molecule has 4 N–H and O–H groups in total. The van der Waals surface area contributed by atoms with Crippen LogP contribution in [0.5, 0.6) is 0 Å². The molecule has 0 aliphatic heterocycles. The summed E-state index contributed by atoms with van der Waals surface area (Å²) in [6.45, 7) is 4.38. The van der Waals surface area contributed by atoms with Crippen LogP contribution < -0.4 is 5.32 Å². The van der Waals surface area contributed by atoms with Gasteiger partial charge >= 0.3 is 0 Å². The molecule has 0 spiro atoms. The molecule has 3 unspecified atom stereocenters. The van der Waals surface area contributed by atoms with Crippen molar-refractivity contribution in [1.82, 2.24) is 5.32 Å². The maximum atomic E-state index is 12.4. The number of carbonyl (C=O) groups is 1. The number of rotatable bonds is 28. The van der Waals surface area contributed by atoms with Crippen LogP contribution in [0, 0.1) is 0 Å². The van der Waals surface area contributed by atoms with Crippen molar-refractivity contribution in [3.05, 3.63) is 36.5 Å². The predicted molar refractivity (Wildman–Crippen MR) is 171 cm³/mol. The van der Waals surface area contributed by atoms with Crippen molar-refractivity contribution in [2.45, 2.75) is 161 Å². The predicted octanol–water partition coefficient (Wildman–Crippen LogP) is 7.59. The molecular weight excluding hydrogens is 538 g/mol. The summed E-state index contributed by atoms with van der Waals surface area (Å²) in [6.07, 6.45) is 30.8. The Bertz CT molecular complexity index is 809. The third-order valence-electron chi connectivity index (χ3n) is 7.15. The third kappa shape index (κ3) is 27.1. The van der Waals surface area contributed by atoms with E-state index in [2.05, 4.69) is 43.5 Å². The molecule has 0 rings (SSSR count). The molecule has 0 aromatic heterocycles. The van der Waals surface area contributed by atoms with Gasteiger partial charge in [0.15, 0.2) is 0 Å². The molecule has 41 heavy (non-hydrogen) atoms. The summed E-state index contributed by atoms with van der Waals surface area (Å²) in [4.78, 5) is 12.4. The highest BCUT2D eigenvalue weighted by atomic mass is 32.2. The van der Waals surface area contributed by atoms with Gasteiger partial charge in [0.05, 0.1) is 17.9 Å². The van der Waals surface area contributed by atoms with E-state index in [1.165, 1.54) is 63.9 Å². The van der Waals surface area contributed by atoms with Crippen molar-refractivity contribution in [3.8, 4) is 0 Å². The lowest BCUT2D eigenvalue weighted by molar-refractivity contribution is -0.130. The zero-order chi connectivity index (χ0) is 30.6. The molecule has 0 bridgehead atoms. The Kier molecular flexibility index (Phi) is 26.4. The summed E-state index contributed by atoms with van der Waals surface area (Å²) in [5.74, 6) is -1.57. The third-order valence-corrected chi connectivity index (χ3v) is 7.93. The topological polar surface area (TPSA) is 124 Å². The quantitative estimate of drug-likeness (QED) is 0.0417. The molecule has 0 aromatic carbocycles. The maximum absolute atomic E-state index is 12.4. The molecule has 0 radical (unpaired) electrons. The van der Waals surface area contributed by atoms with Crippen LogP contribution in [0.4, 0.5) is 0 Å². The van der Waals surface area contributed by atoms with E-state index in [1.807, 2.05) is 0 Å². The summed E-state index contributed by atoms with van der Waals surface area (Å²) in [5, 5.41) is 23.1. The normalized spacial score (nSPS) is 14.8. The summed E-state index contributed by atoms with van der Waals surface area (Å²) < 4.78 is 32.1. The van der Waals surface area contributed by atoms with Crippen molar-refractivity contribution >= 4 is 16.0 Å². The van der Waals surface area contributed by atoms with Crippen LogP contribution in [0.25, 0.3) is 0 Å². The Balaban J connectivity index is 4.15. The average Bonchev–Trinajstić information content (AvgIpc) is 2.92. The molecule has 1 amide bonds. The van der Waals surface area contributed by atoms with E-state index in [0.717, 1.165) is 51.4 Å². The van der Waals surface area contributed by atoms with E-state index in [0.29, 0.717) is 12.8 Å². The number of aliphatic hydroxyl groups is 2. The number of carbonyl (C=O) groups excluding carboxylic acids is 1. The van der Waals surface area contributed by atoms with E-state index in [1.54, 1.807) is 6.08 Å². The van der Waals surface area contributed by atoms with Gasteiger partial charge in [-0.2, -0.15) is 8.42 Å². The van der Waals surface area contributed by atoms with Gasteiger partial charge < -0.3 is 15.5 Å². The maximum Gasteiger partial charge on any atom is 0.267 e. The van der Waals surface area contributed by atoms with Crippen LogP contribution in [0.3, 0.4) is 0 Å². The van der Waals surface area contributed by atoms with E-state index in [-0.39, 0.29) is 6.42 Å². The van der Waals surface area contributed by atoms with Gasteiger partial charge in [-0.1, -0.05) is 127 Å². The fraction of sp³-hybridized carbons (Fsp3) is 0.788. The van der Waals surface area contributed by atoms with E-state index < -0.39 is 40.0 Å². The van der Waals surface area contributed by atoms with Crippen LogP contribution in [0.2, 0.25) is 0 Å². The number of unbranched alkanes of at least 4 members (excludes halogenated alkanes) is 15. The first kappa shape index (κ1) is 39.5. The van der Waals surface area contributed by atoms with Crippen molar-refractivity contribution in [1.29, 1.82) is 0 Å². The molecule has 0 aliphatic rings. The monoisotopic (exact) mass is 599 g/mol. The highest BCUT2D eigenvalue weighted by Crippen LogP contribution is 2.12. The summed E-state index contributed by atoms with van der Waals surface area (Å²) in [6, 6.07) is -1.25. The summed E-state index contributed by atoms with van der Waals surface area (Å²) in [7, 11) is -4.44. The zero-order valence-corrected chi connectivity index (χ0v) is 26.8. The minimum Gasteiger partial charge on any atom is -0.387 e. The van der Waals surface area contributed by atoms with Crippen molar-refractivity contribution in [2.24, 2.45) is 0 Å². The lowest BCUT2D eigenvalue weighted by Gasteiger charge is -2.22. The van der Waals surface area contributed by atoms with Gasteiger partial charge in [0.2, 0.25) is 5.91 Å². The molecule has 0 saturated carbocycles. The molecule has 3 atom stereocenters. The molecule has 0 aromatic rings. The number of hydrogen-bond acceptors (Lipinski definition) is 5. The highest BCUT2D eigenvalue weighted by molar-refractivity contribution is 7.85. The molecule has 7 nitrogen and oxygen atoms in total. The second kappa shape index (κ2) is 27.4. The standard InChI is InChI=1S/C33H61NO6S/c1-3-5-7-9-11-13-14-15-16-17-18-19-20-22-24-26-28-32(36)33(37)34-30(29-41(38,39)40)31(35)27-25-23-21-12-10-8-6-4-2/h10,12,15-16,25,27,30-32,35-36H,3-9,11,13-14,17-24,26,28-29H2,1-2H3,(H,34,37)(H,38,39,40)/b12-10+,16-15-,27-25+. The Labute approximate surface area is 251 Å². The van der Waals surface area contributed by atoms with Crippen LogP contribution in [-0.4, -0.2) is 53.1 Å². The highest BCUT2D eigenvalue weighted by Gasteiger charge is 2.27. The molecule has 0 aliphatic carbocycles. The van der Waals surface area contributed by atoms with Gasteiger partial charge in [-0.25, -0.2) is 0 Å². The van der Waals surface area contributed by atoms with Crippen LogP contribution in [0.1, 0.15) is 142 Å². The van der Waals surface area contributed by atoms with Crippen LogP contribution >= 0.6 is 0 Å². The van der Waals surface area contributed by atoms with Crippen molar-refractivity contribution in [3.63, 3.8) is 0 Å². The molecule has 0 fully saturated rings. The smallest absolute Gasteiger partial charge is 0.267 e. The average molecular weight is 600 g/mol. The Morgan fingerprint density at radius 3 is 1.68 bits per heavy atom. The fourth-order valence-corrected chi connectivity index (χ4v) is 5.30. The Morgan fingerprint density at radius 1 is 0.659 bits per heavy atom. The number of nitrogens with one attached hydrogen (secondary N) is 1. The Morgan fingerprint density at radius 2 is 1.12 bits per heavy atom. The lowest BCUT2D eigenvalue weighted by Crippen LogP contribution is -2.50. The van der Waals surface area contributed by atoms with Crippen LogP contribution in [-0.2, 0) is 14.9 Å². The minimum atomic E-state index is -4.44. The van der Waals surface area contributed by atoms with Gasteiger partial charge in [-0.15, -0.1) is 0 Å². The molecule has 8 heteroatoms. The largest absolute Gasteiger partial charge is 0.387 e. The van der Waals surface area contributed by atoms with Gasteiger partial charge in [-0.3, -0.25) is 9.35 Å². The van der Waals surface area contributed by atoms with Gasteiger partial charge in [0.1, 0.15) is 6.10 Å². The Hall–Kier alpha value is -1.48. The summed E-state index contributed by atoms with van der Waals surface area (Å²) in [5.41, 5.74) is 0. The van der Waals surface area contributed by atoms with Crippen molar-refractivity contribution < 1.29 is 28.0 Å². The number of aliphatic hydroxyl groups excluding tert-OH is 2. The summed E-state index contributed by atoms with van der Waals surface area (Å²) >= 11 is 0. The zero-order valence-electron chi connectivity index (χ0n) is 26.0. The minimum absolute atomic E-state index is 0.266. The first-order chi connectivity index (χ1) is 19.7. The second-order valence-corrected chi connectivity index (χ2v) is 12.7. The lowest BCUT2D eigenvalue weighted by atomic mass is 10.0. The first-order valence-electron chi connectivity index (χ1n) is 16.3. The molecular formula is C33H61NO6S. The van der Waals surface area contributed by atoms with E-state index in [4.69, 9.17) is 0 Å².